The Hall–Kier alpha value is -1.83. The molecule has 4 nitrogen and oxygen atoms in total. The van der Waals surface area contributed by atoms with Crippen LogP contribution in [0.1, 0.15) is 11.1 Å². The highest BCUT2D eigenvalue weighted by Gasteiger charge is 2.28. The molecule has 2 heterocycles. The van der Waals surface area contributed by atoms with Crippen molar-refractivity contribution >= 4 is 45.9 Å². The molecule has 25 heavy (non-hydrogen) atoms. The van der Waals surface area contributed by atoms with Crippen LogP contribution in [0.2, 0.25) is 0 Å². The molecule has 1 N–H and O–H groups in total. The fraction of sp³-hybridized carbons (Fsp3) is 0.167. The molecule has 2 aromatic carbocycles. The Morgan fingerprint density at radius 1 is 1.12 bits per heavy atom. The largest absolute Gasteiger partial charge is 0.300 e. The van der Waals surface area contributed by atoms with Gasteiger partial charge in [0.15, 0.2) is 4.34 Å². The lowest BCUT2D eigenvalue weighted by molar-refractivity contribution is -0.115. The molecule has 1 atom stereocenters. The van der Waals surface area contributed by atoms with Crippen LogP contribution in [-0.4, -0.2) is 21.4 Å². The van der Waals surface area contributed by atoms with Crippen LogP contribution in [0.4, 0.5) is 5.13 Å². The number of nitrogens with zero attached hydrogens (tertiary/aromatic N) is 2. The van der Waals surface area contributed by atoms with Crippen molar-refractivity contribution < 1.29 is 4.79 Å². The number of carbonyl (C=O) groups excluding carboxylic acids is 1. The molecular formula is C18H15N3OS3. The molecule has 126 valence electrons. The van der Waals surface area contributed by atoms with Crippen molar-refractivity contribution in [1.82, 2.24) is 10.2 Å². The molecule has 7 heteroatoms. The summed E-state index contributed by atoms with van der Waals surface area (Å²) in [4.78, 5) is 13.7. The average Bonchev–Trinajstić information content (AvgIpc) is 3.27. The van der Waals surface area contributed by atoms with Crippen molar-refractivity contribution in [1.29, 1.82) is 0 Å². The van der Waals surface area contributed by atoms with Crippen LogP contribution in [0.5, 0.6) is 0 Å². The van der Waals surface area contributed by atoms with Gasteiger partial charge in [-0.1, -0.05) is 71.6 Å². The van der Waals surface area contributed by atoms with E-state index < -0.39 is 0 Å². The maximum atomic E-state index is 12.5. The highest BCUT2D eigenvalue weighted by molar-refractivity contribution is 8.01. The second-order valence-corrected chi connectivity index (χ2v) is 9.00. The molecule has 1 aliphatic rings. The Balaban J connectivity index is 1.33. The quantitative estimate of drug-likeness (QED) is 0.518. The molecular weight excluding hydrogens is 370 g/mol. The third kappa shape index (κ3) is 4.05. The van der Waals surface area contributed by atoms with E-state index in [-0.39, 0.29) is 11.2 Å². The van der Waals surface area contributed by atoms with E-state index in [1.807, 2.05) is 30.3 Å². The van der Waals surface area contributed by atoms with Gasteiger partial charge in [-0.05, 0) is 23.6 Å². The molecule has 0 fully saturated rings. The Kier molecular flexibility index (Phi) is 5.05. The van der Waals surface area contributed by atoms with Gasteiger partial charge < -0.3 is 0 Å². The van der Waals surface area contributed by atoms with E-state index in [0.29, 0.717) is 5.13 Å². The van der Waals surface area contributed by atoms with Crippen molar-refractivity contribution in [3.63, 3.8) is 0 Å². The van der Waals surface area contributed by atoms with E-state index in [2.05, 4.69) is 39.8 Å². The number of thioether (sulfide) groups is 2. The van der Waals surface area contributed by atoms with E-state index in [9.17, 15) is 4.79 Å². The number of aromatic nitrogens is 2. The topological polar surface area (TPSA) is 54.9 Å². The minimum absolute atomic E-state index is 0.00282. The molecule has 1 amide bonds. The average molecular weight is 386 g/mol. The number of fused-ring (bicyclic) bond motifs is 1. The zero-order valence-electron chi connectivity index (χ0n) is 13.2. The third-order valence-electron chi connectivity index (χ3n) is 3.78. The lowest BCUT2D eigenvalue weighted by atomic mass is 10.1. The van der Waals surface area contributed by atoms with Gasteiger partial charge in [0.1, 0.15) is 0 Å². The summed E-state index contributed by atoms with van der Waals surface area (Å²) in [6.45, 7) is 0. The molecule has 1 aromatic heterocycles. The first-order chi connectivity index (χ1) is 12.3. The van der Waals surface area contributed by atoms with E-state index in [0.717, 1.165) is 16.5 Å². The summed E-state index contributed by atoms with van der Waals surface area (Å²) in [6, 6.07) is 18.4. The van der Waals surface area contributed by atoms with Gasteiger partial charge in [-0.2, -0.15) is 0 Å². The minimum Gasteiger partial charge on any atom is -0.300 e. The van der Waals surface area contributed by atoms with E-state index in [1.165, 1.54) is 27.4 Å². The normalized spacial score (nSPS) is 15.8. The molecule has 1 unspecified atom stereocenters. The molecule has 0 spiro atoms. The monoisotopic (exact) mass is 385 g/mol. The number of benzene rings is 2. The summed E-state index contributed by atoms with van der Waals surface area (Å²) < 4.78 is 0.863. The number of rotatable bonds is 5. The molecule has 3 aromatic rings. The number of anilines is 1. The first kappa shape index (κ1) is 16.6. The van der Waals surface area contributed by atoms with Crippen molar-refractivity contribution in [2.45, 2.75) is 26.7 Å². The smallest absolute Gasteiger partial charge is 0.240 e. The van der Waals surface area contributed by atoms with Crippen molar-refractivity contribution in [2.75, 3.05) is 5.32 Å². The summed E-state index contributed by atoms with van der Waals surface area (Å²) in [7, 11) is 0. The SMILES string of the molecule is O=C(Nc1nnc(SCc2ccccc2)s1)C1Cc2ccccc2S1. The Morgan fingerprint density at radius 2 is 1.92 bits per heavy atom. The molecule has 0 bridgehead atoms. The lowest BCUT2D eigenvalue weighted by Gasteiger charge is -2.06. The van der Waals surface area contributed by atoms with Crippen LogP contribution in [-0.2, 0) is 17.0 Å². The Bertz CT molecular complexity index is 857. The van der Waals surface area contributed by atoms with E-state index >= 15 is 0 Å². The number of carbonyl (C=O) groups is 1. The number of nitrogens with one attached hydrogen (secondary N) is 1. The van der Waals surface area contributed by atoms with E-state index in [4.69, 9.17) is 0 Å². The van der Waals surface area contributed by atoms with Crippen molar-refractivity contribution in [3.05, 3.63) is 65.7 Å². The van der Waals surface area contributed by atoms with Gasteiger partial charge in [-0.15, -0.1) is 22.0 Å². The molecule has 1 aliphatic heterocycles. The van der Waals surface area contributed by atoms with Gasteiger partial charge in [0.05, 0.1) is 5.25 Å². The van der Waals surface area contributed by atoms with Crippen LogP contribution in [0.25, 0.3) is 0 Å². The first-order valence-corrected chi connectivity index (χ1v) is 10.5. The zero-order valence-corrected chi connectivity index (χ0v) is 15.7. The summed E-state index contributed by atoms with van der Waals surface area (Å²) in [5.41, 5.74) is 2.48. The summed E-state index contributed by atoms with van der Waals surface area (Å²) in [5, 5.41) is 11.6. The predicted octanol–water partition coefficient (Wildman–Crippen LogP) is 4.49. The number of amides is 1. The van der Waals surface area contributed by atoms with Crippen LogP contribution in [0.15, 0.2) is 63.8 Å². The maximum Gasteiger partial charge on any atom is 0.240 e. The van der Waals surface area contributed by atoms with Gasteiger partial charge in [-0.25, -0.2) is 0 Å². The molecule has 0 saturated carbocycles. The second-order valence-electron chi connectivity index (χ2n) is 5.55. The summed E-state index contributed by atoms with van der Waals surface area (Å²) in [5.74, 6) is 0.842. The van der Waals surface area contributed by atoms with Crippen LogP contribution in [0, 0.1) is 0 Å². The first-order valence-electron chi connectivity index (χ1n) is 7.83. The lowest BCUT2D eigenvalue weighted by Crippen LogP contribution is -2.24. The summed E-state index contributed by atoms with van der Waals surface area (Å²) >= 11 is 4.67. The van der Waals surface area contributed by atoms with Gasteiger partial charge >= 0.3 is 0 Å². The molecule has 0 radical (unpaired) electrons. The maximum absolute atomic E-state index is 12.5. The minimum atomic E-state index is -0.0956. The van der Waals surface area contributed by atoms with Crippen LogP contribution in [0.3, 0.4) is 0 Å². The van der Waals surface area contributed by atoms with Crippen LogP contribution < -0.4 is 5.32 Å². The van der Waals surface area contributed by atoms with Gasteiger partial charge in [-0.3, -0.25) is 10.1 Å². The van der Waals surface area contributed by atoms with E-state index in [1.54, 1.807) is 23.5 Å². The molecule has 0 saturated heterocycles. The number of hydrogen-bond donors (Lipinski definition) is 1. The number of hydrogen-bond acceptors (Lipinski definition) is 6. The van der Waals surface area contributed by atoms with Crippen molar-refractivity contribution in [2.24, 2.45) is 0 Å². The highest BCUT2D eigenvalue weighted by atomic mass is 32.2. The molecule has 0 aliphatic carbocycles. The van der Waals surface area contributed by atoms with Gasteiger partial charge in [0, 0.05) is 10.6 Å². The van der Waals surface area contributed by atoms with Crippen molar-refractivity contribution in [3.8, 4) is 0 Å². The Morgan fingerprint density at radius 3 is 2.76 bits per heavy atom. The Labute approximate surface area is 158 Å². The fourth-order valence-electron chi connectivity index (χ4n) is 2.55. The molecule has 4 rings (SSSR count). The summed E-state index contributed by atoms with van der Waals surface area (Å²) in [6.07, 6.45) is 0.765. The zero-order chi connectivity index (χ0) is 17.1. The highest BCUT2D eigenvalue weighted by Crippen LogP contribution is 2.37. The predicted molar refractivity (Wildman–Crippen MR) is 104 cm³/mol. The third-order valence-corrected chi connectivity index (χ3v) is 7.14. The fourth-order valence-corrected chi connectivity index (χ4v) is 5.46. The van der Waals surface area contributed by atoms with Gasteiger partial charge in [0.25, 0.3) is 0 Å². The van der Waals surface area contributed by atoms with Crippen LogP contribution >= 0.6 is 34.9 Å². The second kappa shape index (κ2) is 7.59. The standard InChI is InChI=1S/C18H15N3OS3/c22-16(15-10-13-8-4-5-9-14(13)24-15)19-17-20-21-18(25-17)23-11-12-6-2-1-3-7-12/h1-9,15H,10-11H2,(H,19,20,22). The van der Waals surface area contributed by atoms with Gasteiger partial charge in [0.2, 0.25) is 11.0 Å².